The molecule has 0 radical (unpaired) electrons. The van der Waals surface area contributed by atoms with E-state index in [4.69, 9.17) is 14.2 Å². The Bertz CT molecular complexity index is 691. The quantitative estimate of drug-likeness (QED) is 0.886. The van der Waals surface area contributed by atoms with Gasteiger partial charge >= 0.3 is 0 Å². The highest BCUT2D eigenvalue weighted by Crippen LogP contribution is 2.33. The molecule has 1 heterocycles. The molecule has 5 heteroatoms. The minimum absolute atomic E-state index is 0.0467. The van der Waals surface area contributed by atoms with Crippen LogP contribution in [0.4, 0.5) is 0 Å². The second kappa shape index (κ2) is 7.84. The minimum atomic E-state index is -0.0681. The summed E-state index contributed by atoms with van der Waals surface area (Å²) in [7, 11) is 0. The highest BCUT2D eigenvalue weighted by Gasteiger charge is 2.20. The summed E-state index contributed by atoms with van der Waals surface area (Å²) in [4.78, 5) is 11.2. The molecule has 1 saturated heterocycles. The van der Waals surface area contributed by atoms with Gasteiger partial charge in [0.25, 0.3) is 0 Å². The Morgan fingerprint density at radius 1 is 1.08 bits per heavy atom. The Morgan fingerprint density at radius 3 is 2.50 bits per heavy atom. The van der Waals surface area contributed by atoms with E-state index >= 15 is 0 Å². The van der Waals surface area contributed by atoms with Crippen LogP contribution in [-0.2, 0) is 16.0 Å². The summed E-state index contributed by atoms with van der Waals surface area (Å²) < 4.78 is 17.3. The van der Waals surface area contributed by atoms with Crippen LogP contribution in [0.15, 0.2) is 48.5 Å². The van der Waals surface area contributed by atoms with Gasteiger partial charge in [-0.1, -0.05) is 30.3 Å². The van der Waals surface area contributed by atoms with Crippen molar-refractivity contribution in [2.75, 3.05) is 19.8 Å². The summed E-state index contributed by atoms with van der Waals surface area (Å²) in [5.41, 5.74) is 1.03. The first-order valence-corrected chi connectivity index (χ1v) is 8.12. The third-order valence-corrected chi connectivity index (χ3v) is 3.77. The van der Waals surface area contributed by atoms with Gasteiger partial charge in [-0.15, -0.1) is 0 Å². The van der Waals surface area contributed by atoms with Crippen LogP contribution < -0.4 is 14.8 Å². The molecule has 2 aromatic carbocycles. The molecule has 1 unspecified atom stereocenters. The molecule has 126 valence electrons. The van der Waals surface area contributed by atoms with Gasteiger partial charge in [-0.3, -0.25) is 4.79 Å². The van der Waals surface area contributed by atoms with Crippen molar-refractivity contribution in [3.05, 3.63) is 54.1 Å². The first kappa shape index (κ1) is 16.3. The van der Waals surface area contributed by atoms with Crippen molar-refractivity contribution in [2.24, 2.45) is 0 Å². The summed E-state index contributed by atoms with van der Waals surface area (Å²) in [6, 6.07) is 15.5. The zero-order chi connectivity index (χ0) is 16.8. The molecule has 0 saturated carbocycles. The van der Waals surface area contributed by atoms with E-state index < -0.39 is 0 Å². The lowest BCUT2D eigenvalue weighted by Gasteiger charge is -2.24. The lowest BCUT2D eigenvalue weighted by molar-refractivity contribution is -0.133. The molecule has 0 bridgehead atoms. The smallest absolute Gasteiger partial charge is 0.246 e. The lowest BCUT2D eigenvalue weighted by atomic mass is 10.1. The molecule has 1 aliphatic heterocycles. The first-order chi connectivity index (χ1) is 11.8. The summed E-state index contributed by atoms with van der Waals surface area (Å²) in [5.74, 6) is 2.10. The molecule has 1 aliphatic rings. The summed E-state index contributed by atoms with van der Waals surface area (Å²) in [5, 5.41) is 2.82. The van der Waals surface area contributed by atoms with Crippen LogP contribution in [-0.4, -0.2) is 31.8 Å². The summed E-state index contributed by atoms with van der Waals surface area (Å²) in [6.45, 7) is 3.15. The van der Waals surface area contributed by atoms with E-state index in [1.165, 1.54) is 0 Å². The van der Waals surface area contributed by atoms with E-state index in [0.29, 0.717) is 25.3 Å². The molecule has 2 aromatic rings. The largest absolute Gasteiger partial charge is 0.490 e. The Kier molecular flexibility index (Phi) is 5.33. The number of carbonyl (C=O) groups is 1. The van der Waals surface area contributed by atoms with Gasteiger partial charge in [-0.25, -0.2) is 0 Å². The van der Waals surface area contributed by atoms with Crippen molar-refractivity contribution in [1.82, 2.24) is 5.32 Å². The molecule has 1 amide bonds. The van der Waals surface area contributed by atoms with Crippen molar-refractivity contribution in [3.8, 4) is 17.2 Å². The fraction of sp³-hybridized carbons (Fsp3) is 0.316. The standard InChI is InChI=1S/C19H21NO4/c1-2-22-17-9-5-6-10-18(17)24-16-8-4-3-7-14(16)11-15-12-20-19(21)13-23-15/h3-10,15H,2,11-13H2,1H3,(H,20,21). The molecule has 0 aromatic heterocycles. The van der Waals surface area contributed by atoms with E-state index in [0.717, 1.165) is 17.1 Å². The Labute approximate surface area is 141 Å². The molecule has 0 spiro atoms. The minimum Gasteiger partial charge on any atom is -0.490 e. The number of hydrogen-bond donors (Lipinski definition) is 1. The average Bonchev–Trinajstić information content (AvgIpc) is 2.60. The number of rotatable bonds is 6. The highest BCUT2D eigenvalue weighted by atomic mass is 16.5. The van der Waals surface area contributed by atoms with Crippen molar-refractivity contribution < 1.29 is 19.0 Å². The molecular weight excluding hydrogens is 306 g/mol. The molecule has 3 rings (SSSR count). The molecule has 5 nitrogen and oxygen atoms in total. The van der Waals surface area contributed by atoms with E-state index in [9.17, 15) is 4.79 Å². The monoisotopic (exact) mass is 327 g/mol. The highest BCUT2D eigenvalue weighted by molar-refractivity contribution is 5.77. The lowest BCUT2D eigenvalue weighted by Crippen LogP contribution is -2.43. The van der Waals surface area contributed by atoms with E-state index in [2.05, 4.69) is 5.32 Å². The Hall–Kier alpha value is -2.53. The van der Waals surface area contributed by atoms with Gasteiger partial charge in [-0.05, 0) is 30.7 Å². The summed E-state index contributed by atoms with van der Waals surface area (Å²) in [6.07, 6.45) is 0.627. The number of ether oxygens (including phenoxy) is 3. The second-order valence-corrected chi connectivity index (χ2v) is 5.53. The number of carbonyl (C=O) groups excluding carboxylic acids is 1. The van der Waals surface area contributed by atoms with Crippen molar-refractivity contribution in [3.63, 3.8) is 0 Å². The first-order valence-electron chi connectivity index (χ1n) is 8.12. The number of benzene rings is 2. The fourth-order valence-electron chi connectivity index (χ4n) is 2.61. The molecule has 24 heavy (non-hydrogen) atoms. The van der Waals surface area contributed by atoms with Crippen LogP contribution >= 0.6 is 0 Å². The third kappa shape index (κ3) is 4.06. The Balaban J connectivity index is 1.76. The topological polar surface area (TPSA) is 56.8 Å². The molecule has 1 atom stereocenters. The van der Waals surface area contributed by atoms with Gasteiger partial charge in [0, 0.05) is 13.0 Å². The molecule has 0 aliphatic carbocycles. The van der Waals surface area contributed by atoms with Gasteiger partial charge in [-0.2, -0.15) is 0 Å². The Morgan fingerprint density at radius 2 is 1.79 bits per heavy atom. The normalized spacial score (nSPS) is 17.2. The number of hydrogen-bond acceptors (Lipinski definition) is 4. The zero-order valence-electron chi connectivity index (χ0n) is 13.7. The predicted molar refractivity (Wildman–Crippen MR) is 90.6 cm³/mol. The fourth-order valence-corrected chi connectivity index (χ4v) is 2.61. The maximum Gasteiger partial charge on any atom is 0.246 e. The van der Waals surface area contributed by atoms with Crippen molar-refractivity contribution >= 4 is 5.91 Å². The zero-order valence-corrected chi connectivity index (χ0v) is 13.7. The van der Waals surface area contributed by atoms with Crippen LogP contribution in [0.3, 0.4) is 0 Å². The molecular formula is C19H21NO4. The number of para-hydroxylation sites is 3. The van der Waals surface area contributed by atoms with Crippen molar-refractivity contribution in [2.45, 2.75) is 19.4 Å². The van der Waals surface area contributed by atoms with Crippen LogP contribution in [0.1, 0.15) is 12.5 Å². The van der Waals surface area contributed by atoms with E-state index in [1.54, 1.807) is 0 Å². The second-order valence-electron chi connectivity index (χ2n) is 5.53. The molecule has 1 N–H and O–H groups in total. The average molecular weight is 327 g/mol. The van der Waals surface area contributed by atoms with Gasteiger partial charge in [0.15, 0.2) is 11.5 Å². The maximum absolute atomic E-state index is 11.2. The van der Waals surface area contributed by atoms with Crippen LogP contribution in [0.5, 0.6) is 17.2 Å². The van der Waals surface area contributed by atoms with Crippen molar-refractivity contribution in [1.29, 1.82) is 0 Å². The number of nitrogens with one attached hydrogen (secondary N) is 1. The maximum atomic E-state index is 11.2. The van der Waals surface area contributed by atoms with Crippen LogP contribution in [0.2, 0.25) is 0 Å². The third-order valence-electron chi connectivity index (χ3n) is 3.77. The molecule has 1 fully saturated rings. The van der Waals surface area contributed by atoms with Crippen LogP contribution in [0, 0.1) is 0 Å². The van der Waals surface area contributed by atoms with E-state index in [-0.39, 0.29) is 18.6 Å². The van der Waals surface area contributed by atoms with Gasteiger partial charge < -0.3 is 19.5 Å². The predicted octanol–water partition coefficient (Wildman–Crippen LogP) is 2.94. The number of morpholine rings is 1. The van der Waals surface area contributed by atoms with Gasteiger partial charge in [0.2, 0.25) is 5.91 Å². The number of amides is 1. The summed E-state index contributed by atoms with van der Waals surface area (Å²) >= 11 is 0. The van der Waals surface area contributed by atoms with Gasteiger partial charge in [0.05, 0.1) is 12.7 Å². The van der Waals surface area contributed by atoms with Gasteiger partial charge in [0.1, 0.15) is 12.4 Å². The van der Waals surface area contributed by atoms with E-state index in [1.807, 2.05) is 55.5 Å². The van der Waals surface area contributed by atoms with Crippen LogP contribution in [0.25, 0.3) is 0 Å². The SMILES string of the molecule is CCOc1ccccc1Oc1ccccc1CC1CNC(=O)CO1.